The first kappa shape index (κ1) is 12.2. The molecular formula is C9H15ClN2O. The van der Waals surface area contributed by atoms with Crippen molar-refractivity contribution < 1.29 is 5.11 Å². The van der Waals surface area contributed by atoms with Crippen LogP contribution in [-0.4, -0.2) is 11.7 Å². The Kier molecular flexibility index (Phi) is 4.77. The highest BCUT2D eigenvalue weighted by atomic mass is 35.5. The van der Waals surface area contributed by atoms with Crippen LogP contribution < -0.4 is 11.5 Å². The lowest BCUT2D eigenvalue weighted by Crippen LogP contribution is -2.20. The van der Waals surface area contributed by atoms with E-state index in [1.54, 1.807) is 6.07 Å². The molecular weight excluding hydrogens is 188 g/mol. The highest BCUT2D eigenvalue weighted by Crippen LogP contribution is 2.25. The van der Waals surface area contributed by atoms with Gasteiger partial charge in [-0.2, -0.15) is 0 Å². The van der Waals surface area contributed by atoms with Gasteiger partial charge in [-0.1, -0.05) is 18.2 Å². The van der Waals surface area contributed by atoms with Crippen molar-refractivity contribution in [1.82, 2.24) is 0 Å². The lowest BCUT2D eigenvalue weighted by Gasteiger charge is -2.12. The predicted molar refractivity (Wildman–Crippen MR) is 56.1 cm³/mol. The number of benzene rings is 1. The molecule has 0 radical (unpaired) electrons. The van der Waals surface area contributed by atoms with Crippen molar-refractivity contribution in [1.29, 1.82) is 0 Å². The number of para-hydroxylation sites is 1. The summed E-state index contributed by atoms with van der Waals surface area (Å²) in [7, 11) is 0. The first-order valence-corrected chi connectivity index (χ1v) is 3.91. The van der Waals surface area contributed by atoms with Gasteiger partial charge in [0.05, 0.1) is 0 Å². The molecule has 0 aromatic heterocycles. The first-order chi connectivity index (χ1) is 5.66. The molecule has 0 heterocycles. The molecule has 1 aromatic rings. The molecule has 74 valence electrons. The molecule has 0 fully saturated rings. The smallest absolute Gasteiger partial charge is 0.123 e. The van der Waals surface area contributed by atoms with E-state index in [9.17, 15) is 5.11 Å². The minimum atomic E-state index is -0.273. The fraction of sp³-hybridized carbons (Fsp3) is 0.333. The molecule has 0 saturated heterocycles. The van der Waals surface area contributed by atoms with Crippen molar-refractivity contribution in [2.45, 2.75) is 13.0 Å². The minimum absolute atomic E-state index is 0. The highest BCUT2D eigenvalue weighted by Gasteiger charge is 2.09. The molecule has 13 heavy (non-hydrogen) atoms. The van der Waals surface area contributed by atoms with Gasteiger partial charge in [-0.3, -0.25) is 0 Å². The molecule has 1 atom stereocenters. The molecule has 0 amide bonds. The molecule has 0 aliphatic rings. The van der Waals surface area contributed by atoms with Gasteiger partial charge in [-0.25, -0.2) is 0 Å². The Hall–Kier alpha value is -0.770. The number of phenols is 1. The van der Waals surface area contributed by atoms with E-state index >= 15 is 0 Å². The molecule has 4 heteroatoms. The number of aromatic hydroxyl groups is 1. The monoisotopic (exact) mass is 202 g/mol. The summed E-state index contributed by atoms with van der Waals surface area (Å²) in [6.07, 6.45) is 0. The van der Waals surface area contributed by atoms with Gasteiger partial charge in [0.25, 0.3) is 0 Å². The predicted octanol–water partition coefficient (Wildman–Crippen LogP) is 1.08. The van der Waals surface area contributed by atoms with Crippen molar-refractivity contribution in [3.63, 3.8) is 0 Å². The fourth-order valence-electron chi connectivity index (χ4n) is 1.11. The van der Waals surface area contributed by atoms with Crippen molar-refractivity contribution >= 4 is 12.4 Å². The van der Waals surface area contributed by atoms with E-state index in [4.69, 9.17) is 11.5 Å². The topological polar surface area (TPSA) is 72.3 Å². The van der Waals surface area contributed by atoms with E-state index in [1.807, 2.05) is 19.1 Å². The third-order valence-electron chi connectivity index (χ3n) is 1.92. The van der Waals surface area contributed by atoms with E-state index < -0.39 is 0 Å². The zero-order valence-electron chi connectivity index (χ0n) is 7.53. The Morgan fingerprint density at radius 3 is 2.62 bits per heavy atom. The molecule has 0 bridgehead atoms. The van der Waals surface area contributed by atoms with Gasteiger partial charge in [0.2, 0.25) is 0 Å². The van der Waals surface area contributed by atoms with Crippen LogP contribution in [0.2, 0.25) is 0 Å². The number of aryl methyl sites for hydroxylation is 1. The minimum Gasteiger partial charge on any atom is -0.507 e. The summed E-state index contributed by atoms with van der Waals surface area (Å²) in [6, 6.07) is 5.21. The summed E-state index contributed by atoms with van der Waals surface area (Å²) in [6.45, 7) is 2.18. The molecule has 0 aliphatic carbocycles. The van der Waals surface area contributed by atoms with Crippen molar-refractivity contribution in [2.24, 2.45) is 11.5 Å². The summed E-state index contributed by atoms with van der Waals surface area (Å²) >= 11 is 0. The summed E-state index contributed by atoms with van der Waals surface area (Å²) in [4.78, 5) is 0. The van der Waals surface area contributed by atoms with Gasteiger partial charge in [-0.05, 0) is 12.5 Å². The standard InChI is InChI=1S/C9H14N2O.ClH/c1-6-3-2-4-7(9(6)12)8(11)5-10;/h2-4,8,12H,5,10-11H2,1H3;1H/t8-;/m1./s1. The van der Waals surface area contributed by atoms with Crippen LogP contribution in [0.3, 0.4) is 0 Å². The molecule has 0 aliphatic heterocycles. The zero-order chi connectivity index (χ0) is 9.14. The SMILES string of the molecule is Cc1cccc([C@H](N)CN)c1O.Cl. The van der Waals surface area contributed by atoms with Crippen LogP contribution in [-0.2, 0) is 0 Å². The number of rotatable bonds is 2. The third-order valence-corrected chi connectivity index (χ3v) is 1.92. The second kappa shape index (κ2) is 5.07. The molecule has 0 unspecified atom stereocenters. The largest absolute Gasteiger partial charge is 0.507 e. The summed E-state index contributed by atoms with van der Waals surface area (Å²) < 4.78 is 0. The Morgan fingerprint density at radius 2 is 2.08 bits per heavy atom. The molecule has 5 N–H and O–H groups in total. The number of hydrogen-bond acceptors (Lipinski definition) is 3. The van der Waals surface area contributed by atoms with Crippen LogP contribution in [0.15, 0.2) is 18.2 Å². The van der Waals surface area contributed by atoms with Crippen LogP contribution >= 0.6 is 12.4 Å². The van der Waals surface area contributed by atoms with Gasteiger partial charge in [-0.15, -0.1) is 12.4 Å². The van der Waals surface area contributed by atoms with Gasteiger partial charge < -0.3 is 16.6 Å². The summed E-state index contributed by atoms with van der Waals surface area (Å²) in [5.41, 5.74) is 12.6. The lowest BCUT2D eigenvalue weighted by molar-refractivity contribution is 0.458. The van der Waals surface area contributed by atoms with Gasteiger partial charge in [0, 0.05) is 18.2 Å². The van der Waals surface area contributed by atoms with Crippen LogP contribution in [0.1, 0.15) is 17.2 Å². The highest BCUT2D eigenvalue weighted by molar-refractivity contribution is 5.85. The number of halogens is 1. The molecule has 3 nitrogen and oxygen atoms in total. The van der Waals surface area contributed by atoms with Gasteiger partial charge in [0.15, 0.2) is 0 Å². The zero-order valence-corrected chi connectivity index (χ0v) is 8.34. The number of hydrogen-bond donors (Lipinski definition) is 3. The van der Waals surface area contributed by atoms with Gasteiger partial charge >= 0.3 is 0 Å². The van der Waals surface area contributed by atoms with E-state index in [2.05, 4.69) is 0 Å². The number of nitrogens with two attached hydrogens (primary N) is 2. The summed E-state index contributed by atoms with van der Waals surface area (Å²) in [5, 5.41) is 9.56. The maximum atomic E-state index is 9.56. The van der Waals surface area contributed by atoms with Crippen molar-refractivity contribution in [2.75, 3.05) is 6.54 Å². The molecule has 0 saturated carbocycles. The quantitative estimate of drug-likeness (QED) is 0.672. The van der Waals surface area contributed by atoms with E-state index in [1.165, 1.54) is 0 Å². The van der Waals surface area contributed by atoms with Crippen LogP contribution in [0.25, 0.3) is 0 Å². The number of phenolic OH excluding ortho intramolecular Hbond substituents is 1. The second-order valence-corrected chi connectivity index (χ2v) is 2.85. The first-order valence-electron chi connectivity index (χ1n) is 3.91. The Labute approximate surface area is 84.2 Å². The maximum Gasteiger partial charge on any atom is 0.123 e. The average Bonchev–Trinajstić information content (AvgIpc) is 2.08. The third kappa shape index (κ3) is 2.59. The van der Waals surface area contributed by atoms with Crippen LogP contribution in [0.4, 0.5) is 0 Å². The fourth-order valence-corrected chi connectivity index (χ4v) is 1.11. The summed E-state index contributed by atoms with van der Waals surface area (Å²) in [5.74, 6) is 0.260. The van der Waals surface area contributed by atoms with E-state index in [0.717, 1.165) is 11.1 Å². The Bertz CT molecular complexity index is 278. The molecule has 1 aromatic carbocycles. The average molecular weight is 203 g/mol. The molecule has 0 spiro atoms. The normalized spacial score (nSPS) is 11.9. The van der Waals surface area contributed by atoms with E-state index in [0.29, 0.717) is 6.54 Å². The van der Waals surface area contributed by atoms with Crippen LogP contribution in [0.5, 0.6) is 5.75 Å². The Morgan fingerprint density at radius 1 is 1.46 bits per heavy atom. The molecule has 1 rings (SSSR count). The Balaban J connectivity index is 0.00000144. The van der Waals surface area contributed by atoms with Crippen LogP contribution in [0, 0.1) is 6.92 Å². The lowest BCUT2D eigenvalue weighted by atomic mass is 10.0. The van der Waals surface area contributed by atoms with Gasteiger partial charge in [0.1, 0.15) is 5.75 Å². The maximum absolute atomic E-state index is 9.56. The second-order valence-electron chi connectivity index (χ2n) is 2.85. The van der Waals surface area contributed by atoms with Crippen molar-refractivity contribution in [3.05, 3.63) is 29.3 Å². The van der Waals surface area contributed by atoms with E-state index in [-0.39, 0.29) is 24.2 Å². The van der Waals surface area contributed by atoms with Crippen molar-refractivity contribution in [3.8, 4) is 5.75 Å².